The lowest BCUT2D eigenvalue weighted by molar-refractivity contribution is -0.432. The van der Waals surface area contributed by atoms with E-state index in [9.17, 15) is 36.1 Å². The number of hydrogen-bond acceptors (Lipinski definition) is 12. The number of nitrogens with zero attached hydrogens (tertiary/aromatic N) is 3. The number of aromatic amines is 1. The zero-order valence-corrected chi connectivity index (χ0v) is 20.0. The van der Waals surface area contributed by atoms with Crippen molar-refractivity contribution in [3.05, 3.63) is 58.0 Å². The molecule has 0 fully saturated rings. The second-order valence-corrected chi connectivity index (χ2v) is 10.3. The standard InChI is InChI=1S/C17H14N4O12S3/c1-8-6-11(13(36(29,30)31)7-12(8)34-33-32-25)18-19-14-15(17(23)24)20-21(16(14)22)9-2-4-10(5-3-9)35(26,27)28/h2-7,20,25H,1H3,(H,23,24)(H,26,27,28)(H,29,30,31). The molecule has 1 aromatic heterocycles. The molecule has 16 nitrogen and oxygen atoms in total. The van der Waals surface area contributed by atoms with Crippen LogP contribution in [0, 0.1) is 6.92 Å². The van der Waals surface area contributed by atoms with Crippen molar-refractivity contribution in [1.82, 2.24) is 9.78 Å². The van der Waals surface area contributed by atoms with Gasteiger partial charge in [-0.05, 0) is 48.9 Å². The number of aryl methyl sites for hydroxylation is 1. The lowest BCUT2D eigenvalue weighted by atomic mass is 10.2. The number of aromatic nitrogens is 2. The number of carboxylic acid groups (broad SMARTS) is 1. The molecule has 0 unspecified atom stereocenters. The Labute approximate surface area is 205 Å². The first-order valence-electron chi connectivity index (χ1n) is 9.09. The normalized spacial score (nSPS) is 12.3. The number of benzene rings is 2. The molecule has 5 N–H and O–H groups in total. The average Bonchev–Trinajstić information content (AvgIpc) is 3.12. The highest BCUT2D eigenvalue weighted by atomic mass is 32.2. The van der Waals surface area contributed by atoms with Crippen LogP contribution in [0.15, 0.2) is 66.1 Å². The van der Waals surface area contributed by atoms with Crippen molar-refractivity contribution in [3.63, 3.8) is 0 Å². The van der Waals surface area contributed by atoms with Crippen molar-refractivity contribution in [2.24, 2.45) is 10.2 Å². The number of carbonyl (C=O) groups is 1. The summed E-state index contributed by atoms with van der Waals surface area (Å²) in [6.45, 7) is 1.47. The fourth-order valence-corrected chi connectivity index (χ4v) is 4.45. The smallest absolute Gasteiger partial charge is 0.356 e. The molecule has 0 bridgehead atoms. The summed E-state index contributed by atoms with van der Waals surface area (Å²) in [5.41, 5.74) is -2.74. The van der Waals surface area contributed by atoms with E-state index in [1.807, 2.05) is 0 Å². The van der Waals surface area contributed by atoms with Crippen LogP contribution in [0.4, 0.5) is 11.4 Å². The van der Waals surface area contributed by atoms with Gasteiger partial charge < -0.3 is 5.11 Å². The topological polar surface area (TPSA) is 247 Å². The van der Waals surface area contributed by atoms with Gasteiger partial charge in [0, 0.05) is 4.90 Å². The monoisotopic (exact) mass is 562 g/mol. The maximum Gasteiger partial charge on any atom is 0.356 e. The molecular weight excluding hydrogens is 548 g/mol. The number of rotatable bonds is 9. The number of H-pyrrole nitrogens is 1. The third-order valence-electron chi connectivity index (χ3n) is 4.42. The number of azo groups is 1. The summed E-state index contributed by atoms with van der Waals surface area (Å²) in [5, 5.41) is 30.6. The quantitative estimate of drug-likeness (QED) is 0.0827. The molecule has 19 heteroatoms. The fraction of sp³-hybridized carbons (Fsp3) is 0.0588. The molecule has 3 aromatic rings. The van der Waals surface area contributed by atoms with Gasteiger partial charge in [0.05, 0.1) is 22.6 Å². The van der Waals surface area contributed by atoms with E-state index < -0.39 is 58.6 Å². The Morgan fingerprint density at radius 2 is 1.69 bits per heavy atom. The molecule has 0 saturated heterocycles. The van der Waals surface area contributed by atoms with E-state index in [2.05, 4.69) is 24.7 Å². The van der Waals surface area contributed by atoms with Gasteiger partial charge in [-0.15, -0.1) is 14.6 Å². The Balaban J connectivity index is 2.12. The third kappa shape index (κ3) is 5.85. The molecule has 0 aliphatic heterocycles. The molecule has 1 heterocycles. The van der Waals surface area contributed by atoms with Crippen molar-refractivity contribution in [3.8, 4) is 5.69 Å². The molecule has 0 aliphatic carbocycles. The van der Waals surface area contributed by atoms with Gasteiger partial charge in [-0.1, -0.05) is 5.04 Å². The van der Waals surface area contributed by atoms with Gasteiger partial charge in [-0.25, -0.2) is 14.7 Å². The molecule has 2 aromatic carbocycles. The zero-order chi connectivity index (χ0) is 26.8. The predicted octanol–water partition coefficient (Wildman–Crippen LogP) is 2.51. The minimum atomic E-state index is -4.90. The SMILES string of the molecule is Cc1cc(N=Nc2c(C(=O)O)[nH]n(-c3ccc(S(=O)(=O)O)cc3)c2=O)c(S(=O)(=O)O)cc1SOOO. The van der Waals surface area contributed by atoms with E-state index in [1.54, 1.807) is 0 Å². The Bertz CT molecular complexity index is 1620. The van der Waals surface area contributed by atoms with Crippen molar-refractivity contribution in [2.45, 2.75) is 21.6 Å². The van der Waals surface area contributed by atoms with Gasteiger partial charge in [0.25, 0.3) is 25.8 Å². The summed E-state index contributed by atoms with van der Waals surface area (Å²) in [5.74, 6) is -1.63. The van der Waals surface area contributed by atoms with Gasteiger partial charge in [0.15, 0.2) is 11.4 Å². The maximum atomic E-state index is 12.8. The second kappa shape index (κ2) is 10.3. The number of aromatic carboxylic acids is 1. The average molecular weight is 563 g/mol. The highest BCUT2D eigenvalue weighted by molar-refractivity contribution is 7.94. The Morgan fingerprint density at radius 3 is 2.22 bits per heavy atom. The first-order valence-corrected chi connectivity index (χ1v) is 12.7. The van der Waals surface area contributed by atoms with E-state index in [4.69, 9.17) is 9.81 Å². The largest absolute Gasteiger partial charge is 0.476 e. The molecule has 0 radical (unpaired) electrons. The van der Waals surface area contributed by atoms with Gasteiger partial charge in [-0.2, -0.15) is 16.8 Å². The second-order valence-electron chi connectivity index (χ2n) is 6.74. The van der Waals surface area contributed by atoms with Crippen molar-refractivity contribution >= 4 is 49.6 Å². The van der Waals surface area contributed by atoms with Crippen LogP contribution >= 0.6 is 12.0 Å². The van der Waals surface area contributed by atoms with Crippen LogP contribution in [-0.4, -0.2) is 52.1 Å². The first-order chi connectivity index (χ1) is 16.7. The molecule has 0 spiro atoms. The molecular formula is C17H14N4O12S3. The highest BCUT2D eigenvalue weighted by Crippen LogP contribution is 2.34. The van der Waals surface area contributed by atoms with Crippen LogP contribution < -0.4 is 5.56 Å². The Kier molecular flexibility index (Phi) is 7.76. The van der Waals surface area contributed by atoms with Crippen LogP contribution in [0.2, 0.25) is 0 Å². The summed E-state index contributed by atoms with van der Waals surface area (Å²) in [7, 11) is -9.41. The van der Waals surface area contributed by atoms with Gasteiger partial charge in [-0.3, -0.25) is 19.0 Å². The van der Waals surface area contributed by atoms with Crippen molar-refractivity contribution in [2.75, 3.05) is 0 Å². The van der Waals surface area contributed by atoms with E-state index >= 15 is 0 Å². The third-order valence-corrected chi connectivity index (χ3v) is 6.92. The van der Waals surface area contributed by atoms with Crippen LogP contribution in [0.25, 0.3) is 5.69 Å². The van der Waals surface area contributed by atoms with Crippen LogP contribution in [0.3, 0.4) is 0 Å². The van der Waals surface area contributed by atoms with Crippen molar-refractivity contribution < 1.29 is 50.5 Å². The maximum absolute atomic E-state index is 12.8. The summed E-state index contributed by atoms with van der Waals surface area (Å²) >= 11 is 0.403. The lowest BCUT2D eigenvalue weighted by Gasteiger charge is -2.07. The van der Waals surface area contributed by atoms with Crippen LogP contribution in [-0.2, 0) is 29.6 Å². The highest BCUT2D eigenvalue weighted by Gasteiger charge is 2.23. The fourth-order valence-electron chi connectivity index (χ4n) is 2.80. The summed E-state index contributed by atoms with van der Waals surface area (Å²) in [4.78, 5) is 23.3. The summed E-state index contributed by atoms with van der Waals surface area (Å²) in [6.07, 6.45) is 0. The number of hydrogen-bond donors (Lipinski definition) is 5. The molecule has 0 atom stereocenters. The Morgan fingerprint density at radius 1 is 1.06 bits per heavy atom. The van der Waals surface area contributed by atoms with Crippen LogP contribution in [0.1, 0.15) is 16.1 Å². The Hall–Kier alpha value is -3.43. The van der Waals surface area contributed by atoms with Gasteiger partial charge in [0.2, 0.25) is 0 Å². The summed E-state index contributed by atoms with van der Waals surface area (Å²) < 4.78 is 69.6. The molecule has 0 aliphatic rings. The predicted molar refractivity (Wildman–Crippen MR) is 119 cm³/mol. The minimum absolute atomic E-state index is 0.0294. The van der Waals surface area contributed by atoms with Gasteiger partial charge >= 0.3 is 5.97 Å². The van der Waals surface area contributed by atoms with Crippen LogP contribution in [0.5, 0.6) is 0 Å². The molecule has 192 valence electrons. The van der Waals surface area contributed by atoms with E-state index in [-0.39, 0.29) is 10.6 Å². The molecule has 0 amide bonds. The molecule has 36 heavy (non-hydrogen) atoms. The van der Waals surface area contributed by atoms with Gasteiger partial charge in [0.1, 0.15) is 10.6 Å². The zero-order valence-electron chi connectivity index (χ0n) is 17.6. The van der Waals surface area contributed by atoms with E-state index in [0.717, 1.165) is 36.4 Å². The first kappa shape index (κ1) is 27.2. The van der Waals surface area contributed by atoms with E-state index in [1.165, 1.54) is 6.92 Å². The lowest BCUT2D eigenvalue weighted by Crippen LogP contribution is -2.14. The van der Waals surface area contributed by atoms with Crippen molar-refractivity contribution in [1.29, 1.82) is 0 Å². The molecule has 0 saturated carbocycles. The number of nitrogens with one attached hydrogen (secondary N) is 1. The van der Waals surface area contributed by atoms with E-state index in [0.29, 0.717) is 22.3 Å². The minimum Gasteiger partial charge on any atom is -0.476 e. The summed E-state index contributed by atoms with van der Waals surface area (Å²) in [6, 6.07) is 6.16. The molecule has 3 rings (SSSR count). The number of carboxylic acids is 1.